The molecule has 0 aromatic carbocycles. The smallest absolute Gasteiger partial charge is 0.255 e. The van der Waals surface area contributed by atoms with Crippen LogP contribution in [0.25, 0.3) is 5.52 Å². The molecule has 4 heterocycles. The zero-order chi connectivity index (χ0) is 27.0. The molecule has 1 aliphatic carbocycles. The summed E-state index contributed by atoms with van der Waals surface area (Å²) >= 11 is 0. The molecule has 1 unspecified atom stereocenters. The highest BCUT2D eigenvalue weighted by Crippen LogP contribution is 2.44. The number of carbonyl (C=O) groups is 1. The van der Waals surface area contributed by atoms with Crippen molar-refractivity contribution in [2.24, 2.45) is 5.73 Å². The minimum atomic E-state index is -0.823. The van der Waals surface area contributed by atoms with Gasteiger partial charge < -0.3 is 25.6 Å². The first-order valence-corrected chi connectivity index (χ1v) is 12.6. The summed E-state index contributed by atoms with van der Waals surface area (Å²) in [5.74, 6) is 7.23. The summed E-state index contributed by atoms with van der Waals surface area (Å²) < 4.78 is 14.6. The second-order valence-electron chi connectivity index (χ2n) is 9.69. The fraction of sp³-hybridized carbons (Fsp3) is 0.444. The number of carbonyl (C=O) groups excluding carboxylic acids is 1. The lowest BCUT2D eigenvalue weighted by Gasteiger charge is -2.26. The predicted octanol–water partition coefficient (Wildman–Crippen LogP) is 1.72. The number of ether oxygens (including phenoxy) is 2. The molecule has 1 saturated heterocycles. The maximum absolute atomic E-state index is 12.5. The lowest BCUT2D eigenvalue weighted by atomic mass is 10.1. The van der Waals surface area contributed by atoms with E-state index in [1.807, 2.05) is 23.4 Å². The van der Waals surface area contributed by atoms with Gasteiger partial charge in [0.05, 0.1) is 26.0 Å². The summed E-state index contributed by atoms with van der Waals surface area (Å²) in [6.07, 6.45) is 7.37. The Hall–Kier alpha value is -3.85. The van der Waals surface area contributed by atoms with Crippen molar-refractivity contribution in [2.45, 2.75) is 43.5 Å². The molecule has 1 amide bonds. The Kier molecular flexibility index (Phi) is 7.12. The number of anilines is 1. The fourth-order valence-corrected chi connectivity index (χ4v) is 5.32. The molecule has 3 atom stereocenters. The van der Waals surface area contributed by atoms with E-state index in [9.17, 15) is 9.90 Å². The highest BCUT2D eigenvalue weighted by atomic mass is 16.5. The van der Waals surface area contributed by atoms with E-state index >= 15 is 0 Å². The lowest BCUT2D eigenvalue weighted by molar-refractivity contribution is 0.00605. The molecule has 0 radical (unpaired) electrons. The Labute approximate surface area is 221 Å². The second-order valence-corrected chi connectivity index (χ2v) is 9.69. The third-order valence-electron chi connectivity index (χ3n) is 7.25. The number of methoxy groups -OCH3 is 2. The largest absolute Gasteiger partial charge is 0.494 e. The SMILES string of the molecule is C=CC(O)N1C[C@@H](n2nc(C#Cc3cc(OC)c4c(C5CC5)cnn4c3)c(C(N)=O)c2NC)C[C@@H]1COC. The van der Waals surface area contributed by atoms with E-state index in [1.54, 1.807) is 30.5 Å². The maximum atomic E-state index is 12.5. The lowest BCUT2D eigenvalue weighted by Crippen LogP contribution is -2.40. The quantitative estimate of drug-likeness (QED) is 0.288. The van der Waals surface area contributed by atoms with Crippen LogP contribution in [0.1, 0.15) is 58.4 Å². The first-order chi connectivity index (χ1) is 18.4. The number of rotatable bonds is 9. The van der Waals surface area contributed by atoms with Crippen LogP contribution < -0.4 is 15.8 Å². The van der Waals surface area contributed by atoms with Gasteiger partial charge in [0.2, 0.25) is 0 Å². The normalized spacial score (nSPS) is 20.2. The topological polar surface area (TPSA) is 132 Å². The van der Waals surface area contributed by atoms with Gasteiger partial charge in [0.1, 0.15) is 28.9 Å². The van der Waals surface area contributed by atoms with Gasteiger partial charge >= 0.3 is 0 Å². The molecular formula is C27H33N7O4. The van der Waals surface area contributed by atoms with Crippen LogP contribution in [0.4, 0.5) is 5.82 Å². The van der Waals surface area contributed by atoms with Crippen molar-refractivity contribution in [3.8, 4) is 17.6 Å². The summed E-state index contributed by atoms with van der Waals surface area (Å²) in [7, 11) is 4.97. The Balaban J connectivity index is 1.52. The van der Waals surface area contributed by atoms with Gasteiger partial charge in [0, 0.05) is 44.1 Å². The van der Waals surface area contributed by atoms with E-state index in [0.29, 0.717) is 42.6 Å². The number of fused-ring (bicyclic) bond motifs is 1. The molecule has 3 aromatic heterocycles. The molecule has 38 heavy (non-hydrogen) atoms. The Morgan fingerprint density at radius 1 is 1.39 bits per heavy atom. The van der Waals surface area contributed by atoms with E-state index in [0.717, 1.165) is 18.4 Å². The van der Waals surface area contributed by atoms with Gasteiger partial charge in [-0.25, -0.2) is 9.20 Å². The molecular weight excluding hydrogens is 486 g/mol. The van der Waals surface area contributed by atoms with E-state index in [4.69, 9.17) is 20.3 Å². The minimum absolute atomic E-state index is 0.0488. The zero-order valence-corrected chi connectivity index (χ0v) is 21.8. The van der Waals surface area contributed by atoms with Crippen molar-refractivity contribution >= 4 is 17.2 Å². The third-order valence-corrected chi connectivity index (χ3v) is 7.25. The van der Waals surface area contributed by atoms with Crippen LogP contribution in [0.5, 0.6) is 5.75 Å². The minimum Gasteiger partial charge on any atom is -0.494 e. The molecule has 11 nitrogen and oxygen atoms in total. The second kappa shape index (κ2) is 10.5. The van der Waals surface area contributed by atoms with Crippen LogP contribution in [-0.4, -0.2) is 82.0 Å². The molecule has 2 aliphatic rings. The van der Waals surface area contributed by atoms with Gasteiger partial charge in [0.15, 0.2) is 5.69 Å². The Morgan fingerprint density at radius 2 is 2.18 bits per heavy atom. The van der Waals surface area contributed by atoms with Crippen LogP contribution in [0.3, 0.4) is 0 Å². The van der Waals surface area contributed by atoms with E-state index in [1.165, 1.54) is 11.6 Å². The average Bonchev–Trinajstić information content (AvgIpc) is 3.36. The summed E-state index contributed by atoms with van der Waals surface area (Å²) in [6.45, 7) is 4.63. The van der Waals surface area contributed by atoms with Crippen molar-refractivity contribution in [1.82, 2.24) is 24.3 Å². The van der Waals surface area contributed by atoms with Gasteiger partial charge in [-0.15, -0.1) is 0 Å². The highest BCUT2D eigenvalue weighted by molar-refractivity contribution is 6.00. The van der Waals surface area contributed by atoms with Crippen molar-refractivity contribution < 1.29 is 19.4 Å². The number of aliphatic hydroxyl groups is 1. The van der Waals surface area contributed by atoms with Gasteiger partial charge in [-0.05, 0) is 43.2 Å². The molecule has 200 valence electrons. The molecule has 1 aliphatic heterocycles. The van der Waals surface area contributed by atoms with Crippen LogP contribution >= 0.6 is 0 Å². The predicted molar refractivity (Wildman–Crippen MR) is 142 cm³/mol. The number of nitrogens with zero attached hydrogens (tertiary/aromatic N) is 5. The van der Waals surface area contributed by atoms with Crippen LogP contribution in [0, 0.1) is 11.8 Å². The molecule has 3 aromatic rings. The molecule has 1 saturated carbocycles. The zero-order valence-electron chi connectivity index (χ0n) is 21.8. The van der Waals surface area contributed by atoms with Crippen molar-refractivity contribution in [3.63, 3.8) is 0 Å². The van der Waals surface area contributed by atoms with Crippen LogP contribution in [0.15, 0.2) is 31.1 Å². The molecule has 11 heteroatoms. The molecule has 2 fully saturated rings. The van der Waals surface area contributed by atoms with Crippen LogP contribution in [0.2, 0.25) is 0 Å². The Morgan fingerprint density at radius 3 is 2.82 bits per heavy atom. The highest BCUT2D eigenvalue weighted by Gasteiger charge is 2.38. The first-order valence-electron chi connectivity index (χ1n) is 12.6. The van der Waals surface area contributed by atoms with Crippen molar-refractivity contribution in [3.05, 3.63) is 53.5 Å². The van der Waals surface area contributed by atoms with Gasteiger partial charge in [-0.3, -0.25) is 9.69 Å². The van der Waals surface area contributed by atoms with Gasteiger partial charge in [-0.2, -0.15) is 10.2 Å². The number of hydrogen-bond acceptors (Lipinski definition) is 8. The van der Waals surface area contributed by atoms with Crippen LogP contribution in [-0.2, 0) is 4.74 Å². The van der Waals surface area contributed by atoms with E-state index < -0.39 is 12.1 Å². The molecule has 0 bridgehead atoms. The number of primary amides is 1. The van der Waals surface area contributed by atoms with E-state index in [-0.39, 0.29) is 23.3 Å². The van der Waals surface area contributed by atoms with E-state index in [2.05, 4.69) is 28.8 Å². The third kappa shape index (κ3) is 4.62. The summed E-state index contributed by atoms with van der Waals surface area (Å²) in [6, 6.07) is 1.67. The number of amides is 1. The maximum Gasteiger partial charge on any atom is 0.255 e. The van der Waals surface area contributed by atoms with Crippen molar-refractivity contribution in [2.75, 3.05) is 39.7 Å². The first kappa shape index (κ1) is 25.8. The summed E-state index contributed by atoms with van der Waals surface area (Å²) in [4.78, 5) is 14.4. The molecule has 4 N–H and O–H groups in total. The monoisotopic (exact) mass is 519 g/mol. The average molecular weight is 520 g/mol. The number of nitrogens with one attached hydrogen (secondary N) is 1. The number of nitrogens with two attached hydrogens (primary N) is 1. The summed E-state index contributed by atoms with van der Waals surface area (Å²) in [5, 5.41) is 22.7. The van der Waals surface area contributed by atoms with Gasteiger partial charge in [0.25, 0.3) is 5.91 Å². The standard InChI is InChI=1S/C27H33N7O4/c1-5-23(35)32-14-18(11-19(32)15-37-3)34-27(29-2)24(26(28)36)21(31-34)9-6-16-10-22(38-4)25-20(17-7-8-17)12-30-33(25)13-16/h5,10,12-13,17-19,23,29,35H,1,7-8,11,14-15H2,2-4H3,(H2,28,36)/t18-,19+,23?/m0/s1. The molecule has 0 spiro atoms. The fourth-order valence-electron chi connectivity index (χ4n) is 5.32. The van der Waals surface area contributed by atoms with Crippen molar-refractivity contribution in [1.29, 1.82) is 0 Å². The number of likely N-dealkylation sites (tertiary alicyclic amines) is 1. The van der Waals surface area contributed by atoms with Gasteiger partial charge in [-0.1, -0.05) is 12.5 Å². The number of hydrogen-bond donors (Lipinski definition) is 3. The molecule has 5 rings (SSSR count). The summed E-state index contributed by atoms with van der Waals surface area (Å²) in [5.41, 5.74) is 9.08. The number of aromatic nitrogens is 4. The number of pyridine rings is 1. The number of aliphatic hydroxyl groups excluding tert-OH is 1. The Bertz CT molecular complexity index is 1430.